The number of hydrogen-bond donors (Lipinski definition) is 2. The van der Waals surface area contributed by atoms with E-state index in [0.29, 0.717) is 0 Å². The van der Waals surface area contributed by atoms with Gasteiger partial charge in [0.2, 0.25) is 0 Å². The van der Waals surface area contributed by atoms with E-state index in [2.05, 4.69) is 0 Å². The molecule has 0 saturated carbocycles. The molecule has 2 unspecified atom stereocenters. The van der Waals surface area contributed by atoms with E-state index in [0.717, 1.165) is 6.08 Å². The van der Waals surface area contributed by atoms with Gasteiger partial charge in [-0.2, -0.15) is 0 Å². The molecule has 2 atom stereocenters. The van der Waals surface area contributed by atoms with Crippen LogP contribution in [-0.4, -0.2) is 11.1 Å². The molecule has 3 nitrogen and oxygen atoms in total. The van der Waals surface area contributed by atoms with Crippen molar-refractivity contribution in [2.45, 2.75) is 13.8 Å². The van der Waals surface area contributed by atoms with Crippen LogP contribution < -0.4 is 5.73 Å². The molecular formula is C9H12FNO2. The molecule has 0 amide bonds. The fourth-order valence-electron chi connectivity index (χ4n) is 1.33. The summed E-state index contributed by atoms with van der Waals surface area (Å²) in [6.45, 7) is 3.13. The molecule has 13 heavy (non-hydrogen) atoms. The zero-order valence-corrected chi connectivity index (χ0v) is 7.54. The van der Waals surface area contributed by atoms with E-state index in [4.69, 9.17) is 10.8 Å². The highest BCUT2D eigenvalue weighted by Gasteiger charge is 2.42. The molecule has 3 N–H and O–H groups in total. The third kappa shape index (κ3) is 1.32. The third-order valence-electron chi connectivity index (χ3n) is 2.66. The molecular weight excluding hydrogens is 173 g/mol. The monoisotopic (exact) mass is 185 g/mol. The van der Waals surface area contributed by atoms with Gasteiger partial charge in [-0.15, -0.1) is 0 Å². The summed E-state index contributed by atoms with van der Waals surface area (Å²) >= 11 is 0. The van der Waals surface area contributed by atoms with E-state index < -0.39 is 23.1 Å². The number of aliphatic carboxylic acids is 1. The predicted octanol–water partition coefficient (Wildman–Crippen LogP) is 1.42. The number of nitrogens with two attached hydrogens (primary N) is 1. The van der Waals surface area contributed by atoms with Crippen LogP contribution in [0.1, 0.15) is 13.8 Å². The minimum Gasteiger partial charge on any atom is -0.481 e. The van der Waals surface area contributed by atoms with Crippen LogP contribution in [-0.2, 0) is 4.79 Å². The highest BCUT2D eigenvalue weighted by molar-refractivity contribution is 5.79. The van der Waals surface area contributed by atoms with Crippen LogP contribution in [0, 0.1) is 11.3 Å². The van der Waals surface area contributed by atoms with E-state index >= 15 is 0 Å². The molecule has 0 saturated heterocycles. The van der Waals surface area contributed by atoms with Crippen molar-refractivity contribution in [2.24, 2.45) is 17.1 Å². The quantitative estimate of drug-likeness (QED) is 0.649. The lowest BCUT2D eigenvalue weighted by atomic mass is 9.73. The first kappa shape index (κ1) is 9.77. The van der Waals surface area contributed by atoms with Crippen molar-refractivity contribution in [3.63, 3.8) is 0 Å². The van der Waals surface area contributed by atoms with Gasteiger partial charge in [0.1, 0.15) is 11.2 Å². The molecule has 1 aliphatic carbocycles. The zero-order valence-electron chi connectivity index (χ0n) is 7.54. The lowest BCUT2D eigenvalue weighted by Gasteiger charge is -2.32. The van der Waals surface area contributed by atoms with Crippen LogP contribution in [0.5, 0.6) is 0 Å². The van der Waals surface area contributed by atoms with Gasteiger partial charge < -0.3 is 10.8 Å². The Morgan fingerprint density at radius 3 is 2.69 bits per heavy atom. The van der Waals surface area contributed by atoms with E-state index in [1.807, 2.05) is 0 Å². The van der Waals surface area contributed by atoms with Crippen LogP contribution in [0.15, 0.2) is 23.7 Å². The van der Waals surface area contributed by atoms with Gasteiger partial charge in [-0.05, 0) is 25.0 Å². The van der Waals surface area contributed by atoms with Crippen molar-refractivity contribution in [3.05, 3.63) is 23.7 Å². The first-order chi connectivity index (χ1) is 5.89. The molecule has 1 rings (SSSR count). The highest BCUT2D eigenvalue weighted by Crippen LogP contribution is 2.38. The van der Waals surface area contributed by atoms with E-state index in [-0.39, 0.29) is 5.70 Å². The molecule has 0 spiro atoms. The summed E-state index contributed by atoms with van der Waals surface area (Å²) in [4.78, 5) is 10.9. The Balaban J connectivity index is 3.16. The molecule has 0 radical (unpaired) electrons. The normalized spacial score (nSPS) is 33.6. The third-order valence-corrected chi connectivity index (χ3v) is 2.66. The molecule has 0 aromatic heterocycles. The second-order valence-electron chi connectivity index (χ2n) is 3.45. The van der Waals surface area contributed by atoms with Gasteiger partial charge >= 0.3 is 5.97 Å². The standard InChI is InChI=1S/C9H12FNO2/c1-5-3-6(10)4-7(11)9(5,2)8(12)13/h3-5H,11H2,1-2H3,(H,12,13). The van der Waals surface area contributed by atoms with E-state index in [9.17, 15) is 9.18 Å². The molecule has 72 valence electrons. The van der Waals surface area contributed by atoms with Crippen LogP contribution in [0.4, 0.5) is 4.39 Å². The maximum atomic E-state index is 12.8. The minimum absolute atomic E-state index is 0.0625. The van der Waals surface area contributed by atoms with Gasteiger partial charge in [-0.3, -0.25) is 4.79 Å². The fraction of sp³-hybridized carbons (Fsp3) is 0.444. The van der Waals surface area contributed by atoms with E-state index in [1.54, 1.807) is 6.92 Å². The minimum atomic E-state index is -1.18. The first-order valence-electron chi connectivity index (χ1n) is 3.97. The van der Waals surface area contributed by atoms with Gasteiger partial charge in [0, 0.05) is 5.70 Å². The summed E-state index contributed by atoms with van der Waals surface area (Å²) in [6, 6.07) is 0. The molecule has 1 aliphatic rings. The summed E-state index contributed by atoms with van der Waals surface area (Å²) in [5.41, 5.74) is 4.37. The molecule has 0 aromatic rings. The summed E-state index contributed by atoms with van der Waals surface area (Å²) in [5.74, 6) is -1.93. The van der Waals surface area contributed by atoms with Crippen molar-refractivity contribution in [3.8, 4) is 0 Å². The molecule has 0 aromatic carbocycles. The second kappa shape index (κ2) is 2.87. The maximum absolute atomic E-state index is 12.8. The zero-order chi connectivity index (χ0) is 10.2. The van der Waals surface area contributed by atoms with Gasteiger partial charge in [-0.25, -0.2) is 4.39 Å². The number of halogens is 1. The van der Waals surface area contributed by atoms with Crippen molar-refractivity contribution in [1.29, 1.82) is 0 Å². The smallest absolute Gasteiger partial charge is 0.315 e. The summed E-state index contributed by atoms with van der Waals surface area (Å²) in [6.07, 6.45) is 2.33. The van der Waals surface area contributed by atoms with E-state index in [1.165, 1.54) is 13.0 Å². The average molecular weight is 185 g/mol. The van der Waals surface area contributed by atoms with Crippen molar-refractivity contribution < 1.29 is 14.3 Å². The summed E-state index contributed by atoms with van der Waals surface area (Å²) < 4.78 is 12.8. The Kier molecular flexibility index (Phi) is 2.15. The number of hydrogen-bond acceptors (Lipinski definition) is 2. The lowest BCUT2D eigenvalue weighted by Crippen LogP contribution is -2.40. The van der Waals surface area contributed by atoms with Crippen molar-refractivity contribution in [2.75, 3.05) is 0 Å². The Morgan fingerprint density at radius 1 is 1.77 bits per heavy atom. The predicted molar refractivity (Wildman–Crippen MR) is 46.4 cm³/mol. The van der Waals surface area contributed by atoms with Crippen molar-refractivity contribution in [1.82, 2.24) is 0 Å². The van der Waals surface area contributed by atoms with Gasteiger partial charge in [0.25, 0.3) is 0 Å². The van der Waals surface area contributed by atoms with Gasteiger partial charge in [0.05, 0.1) is 0 Å². The molecule has 0 fully saturated rings. The molecule has 0 heterocycles. The van der Waals surface area contributed by atoms with Crippen LogP contribution in [0.25, 0.3) is 0 Å². The van der Waals surface area contributed by atoms with Crippen LogP contribution in [0.2, 0.25) is 0 Å². The number of carboxylic acid groups (broad SMARTS) is 1. The maximum Gasteiger partial charge on any atom is 0.315 e. The number of rotatable bonds is 1. The molecule has 0 aliphatic heterocycles. The lowest BCUT2D eigenvalue weighted by molar-refractivity contribution is -0.147. The SMILES string of the molecule is CC1C=C(F)C=C(N)C1(C)C(=O)O. The Morgan fingerprint density at radius 2 is 2.31 bits per heavy atom. The summed E-state index contributed by atoms with van der Waals surface area (Å²) in [5, 5.41) is 8.95. The highest BCUT2D eigenvalue weighted by atomic mass is 19.1. The molecule has 0 bridgehead atoms. The number of carbonyl (C=O) groups is 1. The number of allylic oxidation sites excluding steroid dienone is 3. The van der Waals surface area contributed by atoms with Crippen LogP contribution >= 0.6 is 0 Å². The first-order valence-corrected chi connectivity index (χ1v) is 3.97. The average Bonchev–Trinajstić information content (AvgIpc) is 1.99. The second-order valence-corrected chi connectivity index (χ2v) is 3.45. The topological polar surface area (TPSA) is 63.3 Å². The summed E-state index contributed by atoms with van der Waals surface area (Å²) in [7, 11) is 0. The largest absolute Gasteiger partial charge is 0.481 e. The Hall–Kier alpha value is -1.32. The van der Waals surface area contributed by atoms with Crippen LogP contribution in [0.3, 0.4) is 0 Å². The Labute approximate surface area is 75.7 Å². The van der Waals surface area contributed by atoms with Gasteiger partial charge in [0.15, 0.2) is 0 Å². The molecule has 4 heteroatoms. The van der Waals surface area contributed by atoms with Crippen molar-refractivity contribution >= 4 is 5.97 Å². The van der Waals surface area contributed by atoms with Gasteiger partial charge in [-0.1, -0.05) is 6.92 Å². The number of carboxylic acids is 1. The Bertz CT molecular complexity index is 309. The fourth-order valence-corrected chi connectivity index (χ4v) is 1.33.